The zero-order valence-electron chi connectivity index (χ0n) is 11.1. The molecule has 19 heavy (non-hydrogen) atoms. The molecule has 0 bridgehead atoms. The summed E-state index contributed by atoms with van der Waals surface area (Å²) < 4.78 is 18.9. The monoisotopic (exact) mass is 281 g/mol. The van der Waals surface area contributed by atoms with Crippen molar-refractivity contribution in [3.63, 3.8) is 0 Å². The number of halogens is 1. The lowest BCUT2D eigenvalue weighted by atomic mass is 10.1. The number of nitrogens with zero attached hydrogens (tertiary/aromatic N) is 2. The molecule has 0 fully saturated rings. The van der Waals surface area contributed by atoms with Gasteiger partial charge in [-0.25, -0.2) is 4.39 Å². The maximum Gasteiger partial charge on any atom is 0.263 e. The Kier molecular flexibility index (Phi) is 3.80. The summed E-state index contributed by atoms with van der Waals surface area (Å²) in [6.45, 7) is 6.31. The Morgan fingerprint density at radius 1 is 1.37 bits per heavy atom. The lowest BCUT2D eigenvalue weighted by Crippen LogP contribution is -2.07. The first-order valence-corrected chi connectivity index (χ1v) is 6.86. The Labute approximate surface area is 115 Å². The van der Waals surface area contributed by atoms with Crippen LogP contribution in [-0.4, -0.2) is 14.9 Å². The summed E-state index contributed by atoms with van der Waals surface area (Å²) in [5.74, 6) is 0.817. The molecular formula is C13H16FN3OS. The van der Waals surface area contributed by atoms with Gasteiger partial charge in [0.15, 0.2) is 5.82 Å². The van der Waals surface area contributed by atoms with E-state index in [2.05, 4.69) is 30.9 Å². The fraction of sp³-hybridized carbons (Fsp3) is 0.385. The van der Waals surface area contributed by atoms with Gasteiger partial charge in [0.25, 0.3) is 5.89 Å². The molecule has 0 unspecified atom stereocenters. The van der Waals surface area contributed by atoms with E-state index in [-0.39, 0.29) is 16.2 Å². The number of benzene rings is 1. The second kappa shape index (κ2) is 5.21. The van der Waals surface area contributed by atoms with Crippen LogP contribution in [0.25, 0.3) is 11.5 Å². The molecule has 0 saturated heterocycles. The molecule has 0 aliphatic rings. The van der Waals surface area contributed by atoms with Crippen molar-refractivity contribution in [1.82, 2.24) is 10.1 Å². The minimum Gasteiger partial charge on any atom is -0.398 e. The first kappa shape index (κ1) is 13.9. The highest BCUT2D eigenvalue weighted by molar-refractivity contribution is 7.99. The van der Waals surface area contributed by atoms with Crippen LogP contribution in [0.1, 0.15) is 26.6 Å². The van der Waals surface area contributed by atoms with Gasteiger partial charge in [-0.05, 0) is 12.1 Å². The van der Waals surface area contributed by atoms with Gasteiger partial charge in [0.05, 0.1) is 11.3 Å². The lowest BCUT2D eigenvalue weighted by molar-refractivity contribution is 0.423. The van der Waals surface area contributed by atoms with Crippen molar-refractivity contribution < 1.29 is 8.91 Å². The van der Waals surface area contributed by atoms with E-state index < -0.39 is 5.82 Å². The van der Waals surface area contributed by atoms with Crippen LogP contribution in [0.2, 0.25) is 0 Å². The number of hydrogen-bond acceptors (Lipinski definition) is 5. The maximum atomic E-state index is 13.7. The van der Waals surface area contributed by atoms with E-state index in [4.69, 9.17) is 10.3 Å². The summed E-state index contributed by atoms with van der Waals surface area (Å²) in [6, 6.07) is 4.46. The summed E-state index contributed by atoms with van der Waals surface area (Å²) in [5, 5.41) is 3.85. The third kappa shape index (κ3) is 3.47. The molecule has 1 aromatic heterocycles. The molecule has 4 nitrogen and oxygen atoms in total. The number of rotatable bonds is 3. The highest BCUT2D eigenvalue weighted by Gasteiger charge is 2.18. The normalized spacial score (nSPS) is 11.8. The average Bonchev–Trinajstić information content (AvgIpc) is 2.74. The van der Waals surface area contributed by atoms with Gasteiger partial charge in [-0.2, -0.15) is 4.98 Å². The number of anilines is 1. The second-order valence-corrected chi connectivity index (χ2v) is 6.92. The number of thioether (sulfide) groups is 1. The fourth-order valence-corrected chi connectivity index (χ4v) is 2.14. The van der Waals surface area contributed by atoms with Gasteiger partial charge >= 0.3 is 0 Å². The quantitative estimate of drug-likeness (QED) is 0.872. The van der Waals surface area contributed by atoms with Crippen LogP contribution in [0.5, 0.6) is 0 Å². The Balaban J connectivity index is 2.22. The summed E-state index contributed by atoms with van der Waals surface area (Å²) in [4.78, 5) is 4.19. The molecule has 0 atom stereocenters. The van der Waals surface area contributed by atoms with Gasteiger partial charge in [0.1, 0.15) is 5.82 Å². The van der Waals surface area contributed by atoms with E-state index in [0.29, 0.717) is 17.3 Å². The number of aromatic nitrogens is 2. The third-order valence-electron chi connectivity index (χ3n) is 2.36. The molecule has 102 valence electrons. The van der Waals surface area contributed by atoms with Gasteiger partial charge < -0.3 is 10.3 Å². The first-order chi connectivity index (χ1) is 8.87. The van der Waals surface area contributed by atoms with E-state index in [1.54, 1.807) is 23.9 Å². The van der Waals surface area contributed by atoms with Crippen molar-refractivity contribution >= 4 is 17.4 Å². The SMILES string of the molecule is CC(C)(C)SCc1noc(-c2c(N)cccc2F)n1. The van der Waals surface area contributed by atoms with Crippen LogP contribution >= 0.6 is 11.8 Å². The first-order valence-electron chi connectivity index (χ1n) is 5.88. The van der Waals surface area contributed by atoms with Crippen LogP contribution in [0.4, 0.5) is 10.1 Å². The van der Waals surface area contributed by atoms with E-state index in [1.165, 1.54) is 6.07 Å². The molecular weight excluding hydrogens is 265 g/mol. The molecule has 1 aromatic carbocycles. The Morgan fingerprint density at radius 2 is 2.11 bits per heavy atom. The minimum atomic E-state index is -0.460. The van der Waals surface area contributed by atoms with E-state index >= 15 is 0 Å². The topological polar surface area (TPSA) is 64.9 Å². The summed E-state index contributed by atoms with van der Waals surface area (Å²) >= 11 is 1.69. The lowest BCUT2D eigenvalue weighted by Gasteiger charge is -2.15. The molecule has 0 amide bonds. The smallest absolute Gasteiger partial charge is 0.263 e. The van der Waals surface area contributed by atoms with Crippen molar-refractivity contribution in [2.24, 2.45) is 0 Å². The standard InChI is InChI=1S/C13H16FN3OS/c1-13(2,3)19-7-10-16-12(18-17-10)11-8(14)5-4-6-9(11)15/h4-6H,7,15H2,1-3H3. The molecule has 6 heteroatoms. The predicted molar refractivity (Wildman–Crippen MR) is 75.2 cm³/mol. The van der Waals surface area contributed by atoms with E-state index in [1.807, 2.05) is 0 Å². The van der Waals surface area contributed by atoms with Crippen LogP contribution in [0.15, 0.2) is 22.7 Å². The molecule has 2 N–H and O–H groups in total. The van der Waals surface area contributed by atoms with Gasteiger partial charge in [-0.3, -0.25) is 0 Å². The van der Waals surface area contributed by atoms with E-state index in [0.717, 1.165) is 0 Å². The Bertz CT molecular complexity index is 557. The van der Waals surface area contributed by atoms with Gasteiger partial charge in [-0.1, -0.05) is 32.0 Å². The highest BCUT2D eigenvalue weighted by atomic mass is 32.2. The number of hydrogen-bond donors (Lipinski definition) is 1. The van der Waals surface area contributed by atoms with Gasteiger partial charge in [0.2, 0.25) is 0 Å². The minimum absolute atomic E-state index is 0.109. The van der Waals surface area contributed by atoms with Crippen LogP contribution in [0, 0.1) is 5.82 Å². The molecule has 0 aliphatic carbocycles. The van der Waals surface area contributed by atoms with Crippen LogP contribution in [-0.2, 0) is 5.75 Å². The Hall–Kier alpha value is -1.56. The zero-order chi connectivity index (χ0) is 14.0. The maximum absolute atomic E-state index is 13.7. The predicted octanol–water partition coefficient (Wildman–Crippen LogP) is 3.49. The molecule has 0 radical (unpaired) electrons. The van der Waals surface area contributed by atoms with Crippen molar-refractivity contribution in [2.75, 3.05) is 5.73 Å². The second-order valence-electron chi connectivity index (χ2n) is 5.12. The summed E-state index contributed by atoms with van der Waals surface area (Å²) in [7, 11) is 0. The van der Waals surface area contributed by atoms with Crippen molar-refractivity contribution in [1.29, 1.82) is 0 Å². The zero-order valence-corrected chi connectivity index (χ0v) is 11.9. The molecule has 0 spiro atoms. The average molecular weight is 281 g/mol. The molecule has 0 saturated carbocycles. The van der Waals surface area contributed by atoms with Crippen molar-refractivity contribution in [3.8, 4) is 11.5 Å². The number of nitrogen functional groups attached to an aromatic ring is 1. The molecule has 1 heterocycles. The highest BCUT2D eigenvalue weighted by Crippen LogP contribution is 2.29. The third-order valence-corrected chi connectivity index (χ3v) is 3.63. The summed E-state index contributed by atoms with van der Waals surface area (Å²) in [6.07, 6.45) is 0. The molecule has 0 aliphatic heterocycles. The van der Waals surface area contributed by atoms with Crippen LogP contribution in [0.3, 0.4) is 0 Å². The van der Waals surface area contributed by atoms with Gasteiger partial charge in [0, 0.05) is 10.4 Å². The van der Waals surface area contributed by atoms with Gasteiger partial charge in [-0.15, -0.1) is 11.8 Å². The van der Waals surface area contributed by atoms with Crippen LogP contribution < -0.4 is 5.73 Å². The van der Waals surface area contributed by atoms with Crippen molar-refractivity contribution in [2.45, 2.75) is 31.3 Å². The molecule has 2 aromatic rings. The fourth-order valence-electron chi connectivity index (χ4n) is 1.46. The van der Waals surface area contributed by atoms with E-state index in [9.17, 15) is 4.39 Å². The molecule has 2 rings (SSSR count). The summed E-state index contributed by atoms with van der Waals surface area (Å²) in [5.41, 5.74) is 6.19. The largest absolute Gasteiger partial charge is 0.398 e. The van der Waals surface area contributed by atoms with Crippen molar-refractivity contribution in [3.05, 3.63) is 29.8 Å². The number of nitrogens with two attached hydrogens (primary N) is 1. The Morgan fingerprint density at radius 3 is 2.74 bits per heavy atom.